The molecule has 0 bridgehead atoms. The Morgan fingerprint density at radius 1 is 1.40 bits per heavy atom. The van der Waals surface area contributed by atoms with Gasteiger partial charge in [0.25, 0.3) is 0 Å². The van der Waals surface area contributed by atoms with E-state index in [0.29, 0.717) is 24.7 Å². The average molecular weight is 227 g/mol. The van der Waals surface area contributed by atoms with Gasteiger partial charge in [0.05, 0.1) is 4.92 Å². The van der Waals surface area contributed by atoms with Crippen molar-refractivity contribution < 1.29 is 14.4 Å². The lowest BCUT2D eigenvalue weighted by molar-refractivity contribution is -0.386. The van der Waals surface area contributed by atoms with Crippen LogP contribution in [-0.4, -0.2) is 18.1 Å². The highest BCUT2D eigenvalue weighted by atomic mass is 32.1. The summed E-state index contributed by atoms with van der Waals surface area (Å²) in [6, 6.07) is 3.18. The minimum atomic E-state index is -0.472. The molecule has 0 aromatic heterocycles. The molecule has 1 aromatic rings. The molecule has 0 N–H and O–H groups in total. The average Bonchev–Trinajstić information content (AvgIpc) is 2.27. The minimum absolute atomic E-state index is 0.0590. The first-order valence-electron chi connectivity index (χ1n) is 4.40. The largest absolute Gasteiger partial charge is 0.486 e. The number of nitro groups is 1. The summed E-state index contributed by atoms with van der Waals surface area (Å²) in [6.07, 6.45) is 0. The highest BCUT2D eigenvalue weighted by Gasteiger charge is 2.24. The highest BCUT2D eigenvalue weighted by Crippen LogP contribution is 2.40. The Morgan fingerprint density at radius 2 is 2.13 bits per heavy atom. The summed E-state index contributed by atoms with van der Waals surface area (Å²) < 4.78 is 10.5. The van der Waals surface area contributed by atoms with Gasteiger partial charge in [-0.1, -0.05) is 0 Å². The normalized spacial score (nSPS) is 13.7. The molecule has 1 aliphatic rings. The fourth-order valence-electron chi connectivity index (χ4n) is 1.42. The van der Waals surface area contributed by atoms with Gasteiger partial charge < -0.3 is 9.47 Å². The first-order chi connectivity index (χ1) is 7.22. The van der Waals surface area contributed by atoms with E-state index in [1.54, 1.807) is 6.07 Å². The van der Waals surface area contributed by atoms with E-state index in [4.69, 9.17) is 9.47 Å². The van der Waals surface area contributed by atoms with Crippen molar-refractivity contribution in [1.29, 1.82) is 0 Å². The van der Waals surface area contributed by atoms with Crippen LogP contribution in [0.15, 0.2) is 12.1 Å². The van der Waals surface area contributed by atoms with Crippen molar-refractivity contribution in [2.24, 2.45) is 0 Å². The number of nitro benzene ring substituents is 1. The second-order valence-electron chi connectivity index (χ2n) is 3.05. The number of rotatable bonds is 2. The minimum Gasteiger partial charge on any atom is -0.486 e. The molecule has 2 rings (SSSR count). The van der Waals surface area contributed by atoms with Crippen molar-refractivity contribution in [3.8, 4) is 11.5 Å². The third-order valence-electron chi connectivity index (χ3n) is 2.06. The maximum atomic E-state index is 10.8. The van der Waals surface area contributed by atoms with Gasteiger partial charge in [-0.3, -0.25) is 10.1 Å². The van der Waals surface area contributed by atoms with Crippen LogP contribution in [0.3, 0.4) is 0 Å². The lowest BCUT2D eigenvalue weighted by Gasteiger charge is -2.18. The van der Waals surface area contributed by atoms with Crippen LogP contribution in [0, 0.1) is 10.1 Å². The van der Waals surface area contributed by atoms with Crippen molar-refractivity contribution in [2.45, 2.75) is 5.75 Å². The summed E-state index contributed by atoms with van der Waals surface area (Å²) in [5.74, 6) is 1.08. The summed E-state index contributed by atoms with van der Waals surface area (Å²) in [6.45, 7) is 0.758. The second kappa shape index (κ2) is 3.98. The molecule has 0 atom stereocenters. The van der Waals surface area contributed by atoms with Crippen LogP contribution in [0.4, 0.5) is 5.69 Å². The number of nitrogens with zero attached hydrogens (tertiary/aromatic N) is 1. The molecule has 1 heterocycles. The van der Waals surface area contributed by atoms with Crippen molar-refractivity contribution in [3.63, 3.8) is 0 Å². The quantitative estimate of drug-likeness (QED) is 0.475. The molecular weight excluding hydrogens is 218 g/mol. The van der Waals surface area contributed by atoms with Gasteiger partial charge >= 0.3 is 5.69 Å². The van der Waals surface area contributed by atoms with Crippen LogP contribution in [-0.2, 0) is 5.75 Å². The Kier molecular flexibility index (Phi) is 2.68. The zero-order chi connectivity index (χ0) is 10.8. The SMILES string of the molecule is O=[N+]([O-])c1cc(CS)cc2c1OCCO2. The summed E-state index contributed by atoms with van der Waals surface area (Å²) in [4.78, 5) is 10.3. The van der Waals surface area contributed by atoms with Gasteiger partial charge in [0.15, 0.2) is 5.75 Å². The molecule has 0 amide bonds. The number of fused-ring (bicyclic) bond motifs is 1. The molecule has 5 nitrogen and oxygen atoms in total. The summed E-state index contributed by atoms with van der Waals surface area (Å²) in [7, 11) is 0. The molecule has 0 spiro atoms. The van der Waals surface area contributed by atoms with E-state index in [-0.39, 0.29) is 11.4 Å². The van der Waals surface area contributed by atoms with Gasteiger partial charge in [0, 0.05) is 11.8 Å². The first-order valence-corrected chi connectivity index (χ1v) is 5.03. The van der Waals surface area contributed by atoms with E-state index in [1.807, 2.05) is 0 Å². The summed E-state index contributed by atoms with van der Waals surface area (Å²) in [5.41, 5.74) is 0.686. The lowest BCUT2D eigenvalue weighted by Crippen LogP contribution is -2.16. The predicted molar refractivity (Wildman–Crippen MR) is 56.8 cm³/mol. The predicted octanol–water partition coefficient (Wildman–Crippen LogP) is 1.80. The smallest absolute Gasteiger partial charge is 0.315 e. The zero-order valence-corrected chi connectivity index (χ0v) is 8.70. The molecule has 15 heavy (non-hydrogen) atoms. The molecule has 1 aliphatic heterocycles. The Morgan fingerprint density at radius 3 is 2.80 bits per heavy atom. The number of hydrogen-bond donors (Lipinski definition) is 1. The van der Waals surface area contributed by atoms with Gasteiger partial charge in [-0.05, 0) is 11.6 Å². The van der Waals surface area contributed by atoms with Gasteiger partial charge in [0.2, 0.25) is 5.75 Å². The van der Waals surface area contributed by atoms with Crippen LogP contribution in [0.5, 0.6) is 11.5 Å². The molecule has 0 saturated heterocycles. The number of benzene rings is 1. The molecule has 6 heteroatoms. The number of hydrogen-bond acceptors (Lipinski definition) is 5. The van der Waals surface area contributed by atoms with Crippen molar-refractivity contribution in [2.75, 3.05) is 13.2 Å². The van der Waals surface area contributed by atoms with Gasteiger partial charge in [0.1, 0.15) is 13.2 Å². The Bertz CT molecular complexity index is 407. The third kappa shape index (κ3) is 1.85. The van der Waals surface area contributed by atoms with Crippen LogP contribution in [0.25, 0.3) is 0 Å². The van der Waals surface area contributed by atoms with E-state index >= 15 is 0 Å². The second-order valence-corrected chi connectivity index (χ2v) is 3.37. The highest BCUT2D eigenvalue weighted by molar-refractivity contribution is 7.79. The standard InChI is InChI=1S/C9H9NO4S/c11-10(12)7-3-6(5-15)4-8-9(7)14-2-1-13-8/h3-4,15H,1-2,5H2. The molecule has 0 saturated carbocycles. The fraction of sp³-hybridized carbons (Fsp3) is 0.333. The Balaban J connectivity index is 2.55. The fourth-order valence-corrected chi connectivity index (χ4v) is 1.60. The lowest BCUT2D eigenvalue weighted by atomic mass is 10.2. The number of thiol groups is 1. The van der Waals surface area contributed by atoms with Gasteiger partial charge in [-0.15, -0.1) is 0 Å². The first kappa shape index (κ1) is 10.1. The summed E-state index contributed by atoms with van der Waals surface area (Å²) >= 11 is 4.07. The van der Waals surface area contributed by atoms with E-state index in [1.165, 1.54) is 6.07 Å². The van der Waals surface area contributed by atoms with E-state index < -0.39 is 4.92 Å². The Hall–Kier alpha value is -1.43. The van der Waals surface area contributed by atoms with Crippen LogP contribution in [0.1, 0.15) is 5.56 Å². The molecule has 0 aliphatic carbocycles. The summed E-state index contributed by atoms with van der Waals surface area (Å²) in [5, 5.41) is 10.8. The maximum absolute atomic E-state index is 10.8. The van der Waals surface area contributed by atoms with Gasteiger partial charge in [-0.25, -0.2) is 0 Å². The van der Waals surface area contributed by atoms with Crippen LogP contribution in [0.2, 0.25) is 0 Å². The van der Waals surface area contributed by atoms with Crippen LogP contribution < -0.4 is 9.47 Å². The Labute approximate surface area is 91.6 Å². The van der Waals surface area contributed by atoms with Crippen molar-refractivity contribution in [1.82, 2.24) is 0 Å². The molecule has 80 valence electrons. The van der Waals surface area contributed by atoms with E-state index in [0.717, 1.165) is 5.56 Å². The third-order valence-corrected chi connectivity index (χ3v) is 2.43. The van der Waals surface area contributed by atoms with E-state index in [9.17, 15) is 10.1 Å². The molecule has 0 unspecified atom stereocenters. The monoisotopic (exact) mass is 227 g/mol. The molecule has 1 aromatic carbocycles. The topological polar surface area (TPSA) is 61.6 Å². The molecule has 0 radical (unpaired) electrons. The van der Waals surface area contributed by atoms with Crippen molar-refractivity contribution in [3.05, 3.63) is 27.8 Å². The van der Waals surface area contributed by atoms with Crippen LogP contribution >= 0.6 is 12.6 Å². The number of ether oxygens (including phenoxy) is 2. The van der Waals surface area contributed by atoms with E-state index in [2.05, 4.69) is 12.6 Å². The maximum Gasteiger partial charge on any atom is 0.315 e. The molecular formula is C9H9NO4S. The van der Waals surface area contributed by atoms with Crippen molar-refractivity contribution >= 4 is 18.3 Å². The van der Waals surface area contributed by atoms with Gasteiger partial charge in [-0.2, -0.15) is 12.6 Å². The molecule has 0 fully saturated rings. The zero-order valence-electron chi connectivity index (χ0n) is 7.80.